The molecule has 1 aliphatic rings. The second-order valence-corrected chi connectivity index (χ2v) is 6.63. The van der Waals surface area contributed by atoms with E-state index in [9.17, 15) is 9.59 Å². The molecule has 1 heterocycles. The van der Waals surface area contributed by atoms with Gasteiger partial charge in [-0.15, -0.1) is 0 Å². The minimum absolute atomic E-state index is 0.00272. The molecule has 2 N–H and O–H groups in total. The van der Waals surface area contributed by atoms with E-state index < -0.39 is 12.0 Å². The third-order valence-corrected chi connectivity index (χ3v) is 3.43. The van der Waals surface area contributed by atoms with Crippen molar-refractivity contribution < 1.29 is 19.4 Å². The van der Waals surface area contributed by atoms with Crippen LogP contribution in [0, 0.1) is 5.41 Å². The quantitative estimate of drug-likeness (QED) is 0.827. The number of morpholine rings is 1. The Kier molecular flexibility index (Phi) is 5.39. The molecule has 1 unspecified atom stereocenters. The molecule has 3 atom stereocenters. The third-order valence-electron chi connectivity index (χ3n) is 3.43. The predicted octanol–water partition coefficient (Wildman–Crippen LogP) is 1.69. The lowest BCUT2D eigenvalue weighted by Gasteiger charge is -2.38. The molecule has 1 rings (SSSR count). The Morgan fingerprint density at radius 3 is 2.20 bits per heavy atom. The SMILES string of the molecule is C[C@@H]1CN(C(=O)NC(CC(=O)O)C(C)(C)C)C[C@H](C)O1. The summed E-state index contributed by atoms with van der Waals surface area (Å²) in [4.78, 5) is 24.9. The lowest BCUT2D eigenvalue weighted by Crippen LogP contribution is -2.55. The molecular weight excluding hydrogens is 260 g/mol. The van der Waals surface area contributed by atoms with E-state index in [0.717, 1.165) is 0 Å². The van der Waals surface area contributed by atoms with Crippen molar-refractivity contribution in [1.29, 1.82) is 0 Å². The molecule has 20 heavy (non-hydrogen) atoms. The smallest absolute Gasteiger partial charge is 0.317 e. The summed E-state index contributed by atoms with van der Waals surface area (Å²) in [5.74, 6) is -0.908. The van der Waals surface area contributed by atoms with Crippen LogP contribution in [-0.4, -0.2) is 53.3 Å². The molecule has 6 heteroatoms. The van der Waals surface area contributed by atoms with Crippen LogP contribution in [0.25, 0.3) is 0 Å². The number of nitrogens with zero attached hydrogens (tertiary/aromatic N) is 1. The summed E-state index contributed by atoms with van der Waals surface area (Å²) < 4.78 is 5.59. The van der Waals surface area contributed by atoms with Crippen LogP contribution in [0.5, 0.6) is 0 Å². The molecule has 2 amide bonds. The van der Waals surface area contributed by atoms with Gasteiger partial charge in [-0.2, -0.15) is 0 Å². The fourth-order valence-electron chi connectivity index (χ4n) is 2.33. The van der Waals surface area contributed by atoms with Crippen LogP contribution >= 0.6 is 0 Å². The minimum Gasteiger partial charge on any atom is -0.481 e. The average Bonchev–Trinajstić information content (AvgIpc) is 2.24. The van der Waals surface area contributed by atoms with Crippen molar-refractivity contribution in [3.05, 3.63) is 0 Å². The number of hydrogen-bond acceptors (Lipinski definition) is 3. The van der Waals surface area contributed by atoms with Gasteiger partial charge in [0.05, 0.1) is 18.6 Å². The molecule has 116 valence electrons. The number of hydrogen-bond donors (Lipinski definition) is 2. The molecule has 0 aromatic heterocycles. The van der Waals surface area contributed by atoms with Crippen molar-refractivity contribution in [3.8, 4) is 0 Å². The fraction of sp³-hybridized carbons (Fsp3) is 0.857. The number of carbonyl (C=O) groups excluding carboxylic acids is 1. The molecule has 0 aromatic rings. The largest absolute Gasteiger partial charge is 0.481 e. The van der Waals surface area contributed by atoms with E-state index in [0.29, 0.717) is 13.1 Å². The number of carboxylic acid groups (broad SMARTS) is 1. The second-order valence-electron chi connectivity index (χ2n) is 6.63. The molecule has 1 saturated heterocycles. The van der Waals surface area contributed by atoms with Gasteiger partial charge in [0.1, 0.15) is 0 Å². The maximum absolute atomic E-state index is 12.3. The van der Waals surface area contributed by atoms with Gasteiger partial charge in [0, 0.05) is 19.1 Å². The Morgan fingerprint density at radius 1 is 1.30 bits per heavy atom. The first-order chi connectivity index (χ1) is 9.09. The standard InChI is InChI=1S/C14H26N2O4/c1-9-7-16(8-10(2)20-9)13(19)15-11(6-12(17)18)14(3,4)5/h9-11H,6-8H2,1-5H3,(H,15,19)(H,17,18)/t9-,10+,11?. The average molecular weight is 286 g/mol. The van der Waals surface area contributed by atoms with E-state index in [-0.39, 0.29) is 30.1 Å². The summed E-state index contributed by atoms with van der Waals surface area (Å²) in [7, 11) is 0. The minimum atomic E-state index is -0.908. The van der Waals surface area contributed by atoms with Crippen LogP contribution < -0.4 is 5.32 Å². The van der Waals surface area contributed by atoms with Crippen molar-refractivity contribution in [2.45, 2.75) is 59.3 Å². The number of rotatable bonds is 3. The van der Waals surface area contributed by atoms with E-state index in [2.05, 4.69) is 5.32 Å². The van der Waals surface area contributed by atoms with Gasteiger partial charge in [-0.25, -0.2) is 4.79 Å². The summed E-state index contributed by atoms with van der Waals surface area (Å²) in [6.45, 7) is 10.7. The second kappa shape index (κ2) is 6.43. The highest BCUT2D eigenvalue weighted by Gasteiger charge is 2.32. The lowest BCUT2D eigenvalue weighted by atomic mass is 9.85. The Hall–Kier alpha value is -1.30. The summed E-state index contributed by atoms with van der Waals surface area (Å²) in [6, 6.07) is -0.617. The first kappa shape index (κ1) is 16.8. The van der Waals surface area contributed by atoms with Crippen LogP contribution in [0.1, 0.15) is 41.0 Å². The Bertz CT molecular complexity index is 355. The summed E-state index contributed by atoms with van der Waals surface area (Å²) in [6.07, 6.45) is -0.0841. The van der Waals surface area contributed by atoms with E-state index in [1.807, 2.05) is 34.6 Å². The van der Waals surface area contributed by atoms with E-state index in [1.165, 1.54) is 0 Å². The normalized spacial score (nSPS) is 25.1. The van der Waals surface area contributed by atoms with Crippen molar-refractivity contribution in [1.82, 2.24) is 10.2 Å². The van der Waals surface area contributed by atoms with Gasteiger partial charge in [0.15, 0.2) is 0 Å². The third kappa shape index (κ3) is 5.00. The van der Waals surface area contributed by atoms with Crippen LogP contribution in [0.2, 0.25) is 0 Å². The molecular formula is C14H26N2O4. The van der Waals surface area contributed by atoms with E-state index in [1.54, 1.807) is 4.90 Å². The van der Waals surface area contributed by atoms with Crippen molar-refractivity contribution in [2.75, 3.05) is 13.1 Å². The van der Waals surface area contributed by atoms with Gasteiger partial charge in [-0.3, -0.25) is 4.79 Å². The van der Waals surface area contributed by atoms with Gasteiger partial charge in [-0.1, -0.05) is 20.8 Å². The summed E-state index contributed by atoms with van der Waals surface area (Å²) in [5.41, 5.74) is -0.308. The Balaban J connectivity index is 2.68. The first-order valence-electron chi connectivity index (χ1n) is 7.02. The highest BCUT2D eigenvalue weighted by molar-refractivity contribution is 5.76. The summed E-state index contributed by atoms with van der Waals surface area (Å²) in [5, 5.41) is 11.8. The number of amides is 2. The van der Waals surface area contributed by atoms with Crippen LogP contribution in [0.3, 0.4) is 0 Å². The number of aliphatic carboxylic acids is 1. The van der Waals surface area contributed by atoms with E-state index >= 15 is 0 Å². The number of carbonyl (C=O) groups is 2. The van der Waals surface area contributed by atoms with Gasteiger partial charge in [0.25, 0.3) is 0 Å². The zero-order chi connectivity index (χ0) is 15.5. The molecule has 6 nitrogen and oxygen atoms in total. The molecule has 0 radical (unpaired) electrons. The zero-order valence-corrected chi connectivity index (χ0v) is 13.0. The Morgan fingerprint density at radius 2 is 1.80 bits per heavy atom. The molecule has 0 aliphatic carbocycles. The molecule has 0 bridgehead atoms. The molecule has 1 fully saturated rings. The van der Waals surface area contributed by atoms with E-state index in [4.69, 9.17) is 9.84 Å². The first-order valence-corrected chi connectivity index (χ1v) is 7.02. The van der Waals surface area contributed by atoms with Crippen LogP contribution in [0.15, 0.2) is 0 Å². The van der Waals surface area contributed by atoms with Crippen molar-refractivity contribution in [3.63, 3.8) is 0 Å². The highest BCUT2D eigenvalue weighted by atomic mass is 16.5. The number of urea groups is 1. The monoisotopic (exact) mass is 286 g/mol. The number of nitrogens with one attached hydrogen (secondary N) is 1. The summed E-state index contributed by atoms with van der Waals surface area (Å²) >= 11 is 0. The van der Waals surface area contributed by atoms with Crippen molar-refractivity contribution in [2.24, 2.45) is 5.41 Å². The zero-order valence-electron chi connectivity index (χ0n) is 13.0. The predicted molar refractivity (Wildman–Crippen MR) is 75.6 cm³/mol. The maximum Gasteiger partial charge on any atom is 0.317 e. The van der Waals surface area contributed by atoms with Gasteiger partial charge in [-0.05, 0) is 19.3 Å². The van der Waals surface area contributed by atoms with Gasteiger partial charge >= 0.3 is 12.0 Å². The maximum atomic E-state index is 12.3. The molecule has 1 aliphatic heterocycles. The highest BCUT2D eigenvalue weighted by Crippen LogP contribution is 2.22. The number of ether oxygens (including phenoxy) is 1. The fourth-order valence-corrected chi connectivity index (χ4v) is 2.33. The lowest BCUT2D eigenvalue weighted by molar-refractivity contribution is -0.138. The molecule has 0 spiro atoms. The Labute approximate surface area is 120 Å². The topological polar surface area (TPSA) is 78.9 Å². The van der Waals surface area contributed by atoms with Gasteiger partial charge in [0.2, 0.25) is 0 Å². The molecule has 0 aromatic carbocycles. The molecule has 0 saturated carbocycles. The van der Waals surface area contributed by atoms with Gasteiger partial charge < -0.3 is 20.1 Å². The van der Waals surface area contributed by atoms with Crippen LogP contribution in [0.4, 0.5) is 4.79 Å². The van der Waals surface area contributed by atoms with Crippen LogP contribution in [-0.2, 0) is 9.53 Å². The van der Waals surface area contributed by atoms with Crippen molar-refractivity contribution >= 4 is 12.0 Å². The number of carboxylic acids is 1.